The van der Waals surface area contributed by atoms with Gasteiger partial charge in [0, 0.05) is 5.69 Å². The maximum absolute atomic E-state index is 5.63. The van der Waals surface area contributed by atoms with Gasteiger partial charge in [0.25, 0.3) is 0 Å². The van der Waals surface area contributed by atoms with Crippen LogP contribution in [0.4, 0.5) is 5.69 Å². The highest BCUT2D eigenvalue weighted by Crippen LogP contribution is 2.06. The van der Waals surface area contributed by atoms with Crippen molar-refractivity contribution in [3.63, 3.8) is 0 Å². The number of anilines is 1. The van der Waals surface area contributed by atoms with Gasteiger partial charge < -0.3 is 15.2 Å². The molecule has 0 fully saturated rings. The number of hydrogen-bond acceptors (Lipinski definition) is 3. The van der Waals surface area contributed by atoms with Gasteiger partial charge in [-0.25, -0.2) is 0 Å². The van der Waals surface area contributed by atoms with Crippen molar-refractivity contribution in [2.24, 2.45) is 0 Å². The minimum absolute atomic E-state index is 0.323. The van der Waals surface area contributed by atoms with Gasteiger partial charge in [0.2, 0.25) is 0 Å². The second-order valence-corrected chi connectivity index (χ2v) is 4.35. The van der Waals surface area contributed by atoms with Gasteiger partial charge in [-0.2, -0.15) is 0 Å². The molecule has 0 radical (unpaired) electrons. The van der Waals surface area contributed by atoms with E-state index in [1.807, 2.05) is 54.6 Å². The molecule has 2 aromatic rings. The van der Waals surface area contributed by atoms with Crippen molar-refractivity contribution in [3.05, 3.63) is 65.7 Å². The number of ether oxygens (including phenoxy) is 2. The van der Waals surface area contributed by atoms with Crippen LogP contribution in [0.25, 0.3) is 0 Å². The zero-order valence-electron chi connectivity index (χ0n) is 10.9. The molecular formula is C16H19NO2. The maximum atomic E-state index is 5.63. The first-order chi connectivity index (χ1) is 9.34. The molecule has 0 spiro atoms. The van der Waals surface area contributed by atoms with Crippen molar-refractivity contribution in [3.8, 4) is 0 Å². The molecule has 19 heavy (non-hydrogen) atoms. The van der Waals surface area contributed by atoms with Crippen LogP contribution in [0, 0.1) is 0 Å². The highest BCUT2D eigenvalue weighted by Gasteiger charge is 1.95. The lowest BCUT2D eigenvalue weighted by Crippen LogP contribution is -2.04. The molecule has 3 nitrogen and oxygen atoms in total. The van der Waals surface area contributed by atoms with E-state index < -0.39 is 0 Å². The van der Waals surface area contributed by atoms with Gasteiger partial charge in [-0.3, -0.25) is 0 Å². The van der Waals surface area contributed by atoms with Crippen molar-refractivity contribution in [1.82, 2.24) is 0 Å². The average Bonchev–Trinajstić information content (AvgIpc) is 2.46. The standard InChI is InChI=1S/C16H19NO2/c17-16-8-6-14(7-9-16)10-11-18-13-19-12-15-4-2-1-3-5-15/h1-9H,10-13,17H2. The van der Waals surface area contributed by atoms with Gasteiger partial charge in [-0.15, -0.1) is 0 Å². The molecule has 0 bridgehead atoms. The Balaban J connectivity index is 1.56. The summed E-state index contributed by atoms with van der Waals surface area (Å²) in [5.74, 6) is 0. The second kappa shape index (κ2) is 7.56. The quantitative estimate of drug-likeness (QED) is 0.471. The van der Waals surface area contributed by atoms with Crippen molar-refractivity contribution >= 4 is 5.69 Å². The lowest BCUT2D eigenvalue weighted by atomic mass is 10.1. The van der Waals surface area contributed by atoms with Crippen LogP contribution in [-0.4, -0.2) is 13.4 Å². The summed E-state index contributed by atoms with van der Waals surface area (Å²) in [6, 6.07) is 17.9. The third kappa shape index (κ3) is 5.12. The first-order valence-corrected chi connectivity index (χ1v) is 6.38. The first-order valence-electron chi connectivity index (χ1n) is 6.38. The first kappa shape index (κ1) is 13.6. The number of nitrogen functional groups attached to an aromatic ring is 1. The number of rotatable bonds is 7. The third-order valence-corrected chi connectivity index (χ3v) is 2.79. The van der Waals surface area contributed by atoms with Crippen LogP contribution in [0.2, 0.25) is 0 Å². The third-order valence-electron chi connectivity index (χ3n) is 2.79. The van der Waals surface area contributed by atoms with Gasteiger partial charge in [0.05, 0.1) is 13.2 Å². The molecule has 0 atom stereocenters. The Bertz CT molecular complexity index is 468. The van der Waals surface area contributed by atoms with E-state index in [9.17, 15) is 0 Å². The fourth-order valence-corrected chi connectivity index (χ4v) is 1.73. The van der Waals surface area contributed by atoms with Crippen LogP contribution in [-0.2, 0) is 22.5 Å². The van der Waals surface area contributed by atoms with E-state index in [0.29, 0.717) is 20.0 Å². The van der Waals surface area contributed by atoms with E-state index in [-0.39, 0.29) is 0 Å². The Kier molecular flexibility index (Phi) is 5.41. The molecule has 0 saturated carbocycles. The predicted molar refractivity (Wildman–Crippen MR) is 76.6 cm³/mol. The van der Waals surface area contributed by atoms with Gasteiger partial charge >= 0.3 is 0 Å². The highest BCUT2D eigenvalue weighted by atomic mass is 16.7. The molecule has 0 amide bonds. The highest BCUT2D eigenvalue weighted by molar-refractivity contribution is 5.39. The van der Waals surface area contributed by atoms with Crippen molar-refractivity contribution in [2.45, 2.75) is 13.0 Å². The zero-order chi connectivity index (χ0) is 13.3. The molecule has 100 valence electrons. The maximum Gasteiger partial charge on any atom is 0.147 e. The minimum atomic E-state index is 0.323. The van der Waals surface area contributed by atoms with Gasteiger partial charge in [0.15, 0.2) is 0 Å². The van der Waals surface area contributed by atoms with Crippen molar-refractivity contribution in [2.75, 3.05) is 19.1 Å². The van der Waals surface area contributed by atoms with Crippen LogP contribution >= 0.6 is 0 Å². The van der Waals surface area contributed by atoms with Crippen LogP contribution in [0.15, 0.2) is 54.6 Å². The Morgan fingerprint density at radius 2 is 1.53 bits per heavy atom. The van der Waals surface area contributed by atoms with Crippen molar-refractivity contribution < 1.29 is 9.47 Å². The summed E-state index contributed by atoms with van der Waals surface area (Å²) in [5.41, 5.74) is 8.79. The van der Waals surface area contributed by atoms with Crippen LogP contribution in [0.3, 0.4) is 0 Å². The Hall–Kier alpha value is -1.84. The van der Waals surface area contributed by atoms with E-state index in [1.54, 1.807) is 0 Å². The van der Waals surface area contributed by atoms with Crippen LogP contribution < -0.4 is 5.73 Å². The van der Waals surface area contributed by atoms with Gasteiger partial charge in [0.1, 0.15) is 6.79 Å². The normalized spacial score (nSPS) is 10.5. The molecule has 3 heteroatoms. The Labute approximate surface area is 114 Å². The van der Waals surface area contributed by atoms with Crippen LogP contribution in [0.1, 0.15) is 11.1 Å². The summed E-state index contributed by atoms with van der Waals surface area (Å²) >= 11 is 0. The van der Waals surface area contributed by atoms with E-state index in [1.165, 1.54) is 5.56 Å². The van der Waals surface area contributed by atoms with Crippen molar-refractivity contribution in [1.29, 1.82) is 0 Å². The monoisotopic (exact) mass is 257 g/mol. The average molecular weight is 257 g/mol. The van der Waals surface area contributed by atoms with E-state index in [0.717, 1.165) is 17.7 Å². The van der Waals surface area contributed by atoms with Gasteiger partial charge in [-0.1, -0.05) is 42.5 Å². The number of benzene rings is 2. The topological polar surface area (TPSA) is 44.5 Å². The number of nitrogens with two attached hydrogens (primary N) is 1. The predicted octanol–water partition coefficient (Wildman–Crippen LogP) is 3.00. The van der Waals surface area contributed by atoms with Gasteiger partial charge in [-0.05, 0) is 29.7 Å². The van der Waals surface area contributed by atoms with Crippen LogP contribution in [0.5, 0.6) is 0 Å². The fraction of sp³-hybridized carbons (Fsp3) is 0.250. The smallest absolute Gasteiger partial charge is 0.147 e. The lowest BCUT2D eigenvalue weighted by molar-refractivity contribution is -0.0604. The molecule has 0 aliphatic heterocycles. The summed E-state index contributed by atoms with van der Waals surface area (Å²) in [7, 11) is 0. The summed E-state index contributed by atoms with van der Waals surface area (Å²) in [4.78, 5) is 0. The summed E-state index contributed by atoms with van der Waals surface area (Å²) < 4.78 is 10.9. The number of hydrogen-bond donors (Lipinski definition) is 1. The molecule has 2 N–H and O–H groups in total. The largest absolute Gasteiger partial charge is 0.399 e. The summed E-state index contributed by atoms with van der Waals surface area (Å²) in [6.45, 7) is 1.56. The molecule has 0 aromatic heterocycles. The second-order valence-electron chi connectivity index (χ2n) is 4.35. The molecule has 2 aromatic carbocycles. The Morgan fingerprint density at radius 1 is 0.789 bits per heavy atom. The molecule has 0 saturated heterocycles. The zero-order valence-corrected chi connectivity index (χ0v) is 10.9. The molecule has 0 heterocycles. The Morgan fingerprint density at radius 3 is 2.26 bits per heavy atom. The summed E-state index contributed by atoms with van der Waals surface area (Å²) in [6.07, 6.45) is 0.870. The SMILES string of the molecule is Nc1ccc(CCOCOCc2ccccc2)cc1. The molecule has 0 unspecified atom stereocenters. The summed E-state index contributed by atoms with van der Waals surface area (Å²) in [5, 5.41) is 0. The molecular weight excluding hydrogens is 238 g/mol. The van der Waals surface area contributed by atoms with E-state index in [4.69, 9.17) is 15.2 Å². The molecule has 0 aliphatic rings. The molecule has 0 aliphatic carbocycles. The lowest BCUT2D eigenvalue weighted by Gasteiger charge is -2.06. The van der Waals surface area contributed by atoms with E-state index in [2.05, 4.69) is 0 Å². The minimum Gasteiger partial charge on any atom is -0.399 e. The van der Waals surface area contributed by atoms with E-state index >= 15 is 0 Å². The molecule has 2 rings (SSSR count). The fourth-order valence-electron chi connectivity index (χ4n) is 1.73.